The van der Waals surface area contributed by atoms with Crippen LogP contribution in [0.1, 0.15) is 78.2 Å². The molecule has 0 spiro atoms. The summed E-state index contributed by atoms with van der Waals surface area (Å²) in [5.74, 6) is 1.76. The van der Waals surface area contributed by atoms with Crippen LogP contribution in [0.15, 0.2) is 83.2 Å². The SMILES string of the molecule is CNC1=C2C(=O)c3ccccc3C(=O)C2=C(NCCC[N+](C)(C)CCSSCC[N+](C)(C)CCCNc2ccc(NC)c3c2C(=O)c2ccccc2C3=O)CC1. The van der Waals surface area contributed by atoms with Gasteiger partial charge in [0.2, 0.25) is 0 Å². The summed E-state index contributed by atoms with van der Waals surface area (Å²) in [5.41, 5.74) is 7.00. The molecule has 3 aliphatic rings. The molecule has 0 unspecified atom stereocenters. The van der Waals surface area contributed by atoms with E-state index in [0.717, 1.165) is 77.4 Å². The number of carbonyl (C=O) groups is 4. The number of carbonyl (C=O) groups excluding carboxylic acids is 4. The van der Waals surface area contributed by atoms with Crippen LogP contribution in [0.3, 0.4) is 0 Å². The second-order valence-corrected chi connectivity index (χ2v) is 18.7. The van der Waals surface area contributed by atoms with Gasteiger partial charge >= 0.3 is 0 Å². The van der Waals surface area contributed by atoms with Crippen molar-refractivity contribution in [2.75, 3.05) is 104 Å². The van der Waals surface area contributed by atoms with Crippen molar-refractivity contribution in [3.63, 3.8) is 0 Å². The van der Waals surface area contributed by atoms with Gasteiger partial charge in [0.1, 0.15) is 0 Å². The van der Waals surface area contributed by atoms with E-state index in [4.69, 9.17) is 0 Å². The summed E-state index contributed by atoms with van der Waals surface area (Å²) in [5, 5.41) is 13.3. The number of quaternary nitrogens is 2. The number of benzene rings is 3. The maximum absolute atomic E-state index is 13.6. The number of fused-ring (bicyclic) bond motifs is 4. The van der Waals surface area contributed by atoms with E-state index in [1.165, 1.54) is 0 Å². The number of rotatable bonds is 19. The number of hydrogen-bond acceptors (Lipinski definition) is 10. The second-order valence-electron chi connectivity index (χ2n) is 16.0. The van der Waals surface area contributed by atoms with Gasteiger partial charge in [-0.1, -0.05) is 70.1 Å². The molecular formula is C44H56N6O4S2+2. The van der Waals surface area contributed by atoms with Crippen molar-refractivity contribution in [2.24, 2.45) is 0 Å². The number of allylic oxidation sites excluding steroid dienone is 4. The first-order chi connectivity index (χ1) is 26.9. The maximum atomic E-state index is 13.6. The highest BCUT2D eigenvalue weighted by molar-refractivity contribution is 8.76. The van der Waals surface area contributed by atoms with Crippen LogP contribution in [0.25, 0.3) is 0 Å². The molecule has 10 nitrogen and oxygen atoms in total. The molecule has 0 atom stereocenters. The smallest absolute Gasteiger partial charge is 0.196 e. The van der Waals surface area contributed by atoms with Gasteiger partial charge in [0.15, 0.2) is 23.1 Å². The van der Waals surface area contributed by atoms with Crippen LogP contribution in [0.4, 0.5) is 11.4 Å². The molecule has 0 saturated carbocycles. The Hall–Kier alpha value is -4.36. The quantitative estimate of drug-likeness (QED) is 0.0482. The molecule has 0 radical (unpaired) electrons. The van der Waals surface area contributed by atoms with Gasteiger partial charge in [0.25, 0.3) is 0 Å². The molecule has 56 heavy (non-hydrogen) atoms. The van der Waals surface area contributed by atoms with Crippen LogP contribution < -0.4 is 21.3 Å². The van der Waals surface area contributed by atoms with Crippen molar-refractivity contribution in [3.05, 3.63) is 117 Å². The molecule has 3 aromatic rings. The fourth-order valence-corrected chi connectivity index (χ4v) is 10.4. The van der Waals surface area contributed by atoms with Crippen LogP contribution >= 0.6 is 21.6 Å². The van der Waals surface area contributed by atoms with Gasteiger partial charge in [-0.2, -0.15) is 0 Å². The molecule has 0 amide bonds. The number of nitrogens with zero attached hydrogens (tertiary/aromatic N) is 2. The predicted molar refractivity (Wildman–Crippen MR) is 231 cm³/mol. The molecule has 0 heterocycles. The van der Waals surface area contributed by atoms with E-state index in [9.17, 15) is 19.2 Å². The summed E-state index contributed by atoms with van der Waals surface area (Å²) in [6, 6.07) is 18.0. The first-order valence-electron chi connectivity index (χ1n) is 19.6. The van der Waals surface area contributed by atoms with Gasteiger partial charge in [-0.3, -0.25) is 19.2 Å². The monoisotopic (exact) mass is 796 g/mol. The summed E-state index contributed by atoms with van der Waals surface area (Å²) in [6.45, 7) is 5.60. The minimum atomic E-state index is -0.120. The zero-order chi connectivity index (χ0) is 40.0. The van der Waals surface area contributed by atoms with Crippen molar-refractivity contribution < 1.29 is 28.1 Å². The van der Waals surface area contributed by atoms with E-state index >= 15 is 0 Å². The first kappa shape index (κ1) is 41.3. The van der Waals surface area contributed by atoms with E-state index < -0.39 is 0 Å². The Bertz CT molecular complexity index is 2090. The molecule has 0 fully saturated rings. The molecule has 4 N–H and O–H groups in total. The Labute approximate surface area is 339 Å². The number of ketones is 4. The van der Waals surface area contributed by atoms with Gasteiger partial charge < -0.3 is 30.2 Å². The van der Waals surface area contributed by atoms with E-state index in [2.05, 4.69) is 49.5 Å². The normalized spacial score (nSPS) is 15.3. The Balaban J connectivity index is 0.895. The predicted octanol–water partition coefficient (Wildman–Crippen LogP) is 6.42. The molecular weight excluding hydrogens is 741 g/mol. The van der Waals surface area contributed by atoms with Crippen molar-refractivity contribution in [3.8, 4) is 0 Å². The molecule has 0 bridgehead atoms. The molecule has 296 valence electrons. The summed E-state index contributed by atoms with van der Waals surface area (Å²) in [4.78, 5) is 54.0. The van der Waals surface area contributed by atoms with Crippen LogP contribution in [-0.2, 0) is 0 Å². The first-order valence-corrected chi connectivity index (χ1v) is 22.1. The third-order valence-electron chi connectivity index (χ3n) is 11.2. The van der Waals surface area contributed by atoms with E-state index in [1.54, 1.807) is 43.4 Å². The average Bonchev–Trinajstić information content (AvgIpc) is 3.20. The highest BCUT2D eigenvalue weighted by atomic mass is 33.1. The van der Waals surface area contributed by atoms with Crippen molar-refractivity contribution in [2.45, 2.75) is 25.7 Å². The Morgan fingerprint density at radius 1 is 0.518 bits per heavy atom. The average molecular weight is 797 g/mol. The molecule has 3 aromatic carbocycles. The highest BCUT2D eigenvalue weighted by Crippen LogP contribution is 2.38. The highest BCUT2D eigenvalue weighted by Gasteiger charge is 2.38. The zero-order valence-corrected chi connectivity index (χ0v) is 35.2. The lowest BCUT2D eigenvalue weighted by atomic mass is 9.77. The van der Waals surface area contributed by atoms with Gasteiger partial charge in [0, 0.05) is 85.0 Å². The van der Waals surface area contributed by atoms with E-state index in [1.807, 2.05) is 52.9 Å². The lowest BCUT2D eigenvalue weighted by Gasteiger charge is -2.31. The Morgan fingerprint density at radius 3 is 1.45 bits per heavy atom. The van der Waals surface area contributed by atoms with Gasteiger partial charge in [-0.15, -0.1) is 0 Å². The van der Waals surface area contributed by atoms with Gasteiger partial charge in [-0.25, -0.2) is 0 Å². The lowest BCUT2D eigenvalue weighted by Crippen LogP contribution is -2.43. The molecule has 6 rings (SSSR count). The molecule has 0 aromatic heterocycles. The maximum Gasteiger partial charge on any atom is 0.196 e. The lowest BCUT2D eigenvalue weighted by molar-refractivity contribution is -0.887. The van der Waals surface area contributed by atoms with E-state index in [0.29, 0.717) is 75.3 Å². The molecule has 0 aliphatic heterocycles. The topological polar surface area (TPSA) is 116 Å². The fraction of sp³-hybridized carbons (Fsp3) is 0.409. The molecule has 12 heteroatoms. The minimum Gasteiger partial charge on any atom is -0.391 e. The van der Waals surface area contributed by atoms with Crippen LogP contribution in [-0.4, -0.2) is 125 Å². The van der Waals surface area contributed by atoms with Crippen LogP contribution in [0.5, 0.6) is 0 Å². The summed E-state index contributed by atoms with van der Waals surface area (Å²) in [7, 11) is 16.6. The number of hydrogen-bond donors (Lipinski definition) is 4. The summed E-state index contributed by atoms with van der Waals surface area (Å²) < 4.78 is 1.83. The third kappa shape index (κ3) is 8.94. The number of Topliss-reactive ketones (excluding diaryl/α,β-unsaturated/α-hetero) is 2. The number of nitrogens with one attached hydrogen (secondary N) is 4. The minimum absolute atomic E-state index is 0.0649. The third-order valence-corrected chi connectivity index (χ3v) is 13.5. The summed E-state index contributed by atoms with van der Waals surface area (Å²) >= 11 is 0. The van der Waals surface area contributed by atoms with Crippen LogP contribution in [0, 0.1) is 0 Å². The Morgan fingerprint density at radius 2 is 0.946 bits per heavy atom. The number of anilines is 2. The van der Waals surface area contributed by atoms with Crippen LogP contribution in [0.2, 0.25) is 0 Å². The fourth-order valence-electron chi connectivity index (χ4n) is 7.84. The zero-order valence-electron chi connectivity index (χ0n) is 33.6. The largest absolute Gasteiger partial charge is 0.391 e. The van der Waals surface area contributed by atoms with Crippen molar-refractivity contribution >= 4 is 56.1 Å². The Kier molecular flexibility index (Phi) is 13.1. The van der Waals surface area contributed by atoms with Crippen molar-refractivity contribution in [1.29, 1.82) is 0 Å². The van der Waals surface area contributed by atoms with Crippen molar-refractivity contribution in [1.82, 2.24) is 10.6 Å². The molecule has 3 aliphatic carbocycles. The van der Waals surface area contributed by atoms with Gasteiger partial charge in [-0.05, 0) is 25.0 Å². The standard InChI is InChI=1S/C44H54N6O4S2/c1-45-33-17-19-35(39-37(33)41(51)29-13-7-9-15-31(29)43(39)53)47-21-11-23-49(3,4)25-27-55-56-28-26-50(5,6)24-12-22-48-36-20-18-34(46-2)38-40(36)44(54)32-16-10-8-14-30(32)42(38)52/h7-10,13-17,19H,11-12,18,20-28H2,1-6H3,(H2-2,45,46,47,48,51,52,53,54)/p+2. The second kappa shape index (κ2) is 17.8. The van der Waals surface area contributed by atoms with E-state index in [-0.39, 0.29) is 23.1 Å². The van der Waals surface area contributed by atoms with Gasteiger partial charge in [0.05, 0.1) is 88.1 Å². The summed E-state index contributed by atoms with van der Waals surface area (Å²) in [6.07, 6.45) is 3.32. The molecule has 0 saturated heterocycles.